The number of rotatable bonds is 21. The van der Waals surface area contributed by atoms with Crippen LogP contribution < -0.4 is 19.5 Å². The number of carboxylic acids is 2. The molecule has 3 amide bonds. The first-order valence-electron chi connectivity index (χ1n) is 27.0. The van der Waals surface area contributed by atoms with Gasteiger partial charge in [-0.05, 0) is 99.0 Å². The molecular weight excluding hydrogens is 1350 g/mol. The Balaban J connectivity index is 1.32. The fourth-order valence-corrected chi connectivity index (χ4v) is 12.7. The van der Waals surface area contributed by atoms with Gasteiger partial charge < -0.3 is 25.4 Å². The monoisotopic (exact) mass is 1400 g/mol. The maximum Gasteiger partial charge on any atom is 0.524 e. The molecule has 2 aliphatic carbocycles. The van der Waals surface area contributed by atoms with Crippen LogP contribution in [0.5, 0.6) is 5.75 Å². The molecule has 37 heteroatoms. The van der Waals surface area contributed by atoms with Crippen LogP contribution in [0.2, 0.25) is 5.02 Å². The molecule has 4 atom stereocenters. The number of amides is 3. The molecule has 3 aromatic carbocycles. The lowest BCUT2D eigenvalue weighted by atomic mass is 9.78. The largest absolute Gasteiger partial charge is 0.524 e. The van der Waals surface area contributed by atoms with Gasteiger partial charge in [-0.15, -0.1) is 0 Å². The van der Waals surface area contributed by atoms with E-state index in [2.05, 4.69) is 32.3 Å². The van der Waals surface area contributed by atoms with Crippen LogP contribution in [0.3, 0.4) is 0 Å². The van der Waals surface area contributed by atoms with Crippen LogP contribution in [0.15, 0.2) is 54.6 Å². The number of halogens is 11. The Kier molecular flexibility index (Phi) is 18.7. The third-order valence-corrected chi connectivity index (χ3v) is 18.8. The van der Waals surface area contributed by atoms with Crippen molar-refractivity contribution in [2.45, 2.75) is 120 Å². The smallest absolute Gasteiger partial charge is 0.481 e. The molecule has 1 fully saturated rings. The average Bonchev–Trinajstić information content (AvgIpc) is 1.52. The number of sulfone groups is 1. The van der Waals surface area contributed by atoms with E-state index in [0.717, 1.165) is 48.7 Å². The van der Waals surface area contributed by atoms with Gasteiger partial charge in [-0.1, -0.05) is 37.4 Å². The number of hydrogen-bond donors (Lipinski definition) is 6. The molecule has 1 saturated carbocycles. The molecular formula is C56H52ClF10N8O15PS2. The molecule has 0 spiro atoms. The lowest BCUT2D eigenvalue weighted by Crippen LogP contribution is -2.42. The number of benzene rings is 3. The second-order valence-corrected chi connectivity index (χ2v) is 29.2. The topological polar surface area (TPSA) is 337 Å². The van der Waals surface area contributed by atoms with Gasteiger partial charge >= 0.3 is 32.1 Å². The second-order valence-electron chi connectivity index (χ2n) is 23.2. The summed E-state index contributed by atoms with van der Waals surface area (Å²) in [5.74, 6) is -13.9. The van der Waals surface area contributed by atoms with Crippen LogP contribution in [0.25, 0.3) is 22.0 Å². The summed E-state index contributed by atoms with van der Waals surface area (Å²) in [5.41, 5.74) is -9.83. The van der Waals surface area contributed by atoms with Gasteiger partial charge in [-0.25, -0.2) is 40.0 Å². The molecule has 0 bridgehead atoms. The Morgan fingerprint density at radius 3 is 2.08 bits per heavy atom. The van der Waals surface area contributed by atoms with Crippen molar-refractivity contribution < 1.29 is 114 Å². The molecule has 6 aromatic rings. The number of carboxylic acid groups (broad SMARTS) is 2. The van der Waals surface area contributed by atoms with Crippen molar-refractivity contribution in [2.24, 2.45) is 5.92 Å². The number of alkyl halides is 8. The van der Waals surface area contributed by atoms with Crippen molar-refractivity contribution in [1.82, 2.24) is 35.2 Å². The minimum absolute atomic E-state index is 0.0686. The van der Waals surface area contributed by atoms with E-state index in [4.69, 9.17) is 16.1 Å². The average molecular weight is 1400 g/mol. The number of phosphoric acid groups is 1. The van der Waals surface area contributed by atoms with E-state index >= 15 is 17.6 Å². The molecule has 0 radical (unpaired) electrons. The molecule has 23 nitrogen and oxygen atoms in total. The van der Waals surface area contributed by atoms with Gasteiger partial charge in [-0.3, -0.25) is 38.3 Å². The van der Waals surface area contributed by atoms with E-state index < -0.39 is 226 Å². The molecule has 3 aromatic heterocycles. The van der Waals surface area contributed by atoms with Gasteiger partial charge in [0.1, 0.15) is 52.7 Å². The molecule has 2 aliphatic rings. The zero-order valence-corrected chi connectivity index (χ0v) is 52.4. The number of carbonyl (C=O) groups is 5. The number of aromatic nitrogens is 5. The normalized spacial score (nSPS) is 16.3. The van der Waals surface area contributed by atoms with Crippen molar-refractivity contribution in [3.05, 3.63) is 122 Å². The highest BCUT2D eigenvalue weighted by molar-refractivity contribution is 7.93. The zero-order valence-electron chi connectivity index (χ0n) is 49.1. The van der Waals surface area contributed by atoms with Crippen LogP contribution in [0.4, 0.5) is 49.7 Å². The van der Waals surface area contributed by atoms with E-state index in [-0.39, 0.29) is 36.8 Å². The summed E-state index contributed by atoms with van der Waals surface area (Å²) >= 11 is 6.79. The molecule has 6 N–H and O–H groups in total. The van der Waals surface area contributed by atoms with Crippen molar-refractivity contribution in [3.8, 4) is 28.7 Å². The van der Waals surface area contributed by atoms with Crippen molar-refractivity contribution in [2.75, 3.05) is 16.8 Å². The maximum atomic E-state index is 15.8. The van der Waals surface area contributed by atoms with E-state index in [1.807, 2.05) is 5.32 Å². The zero-order chi connectivity index (χ0) is 69.6. The number of anilines is 1. The van der Waals surface area contributed by atoms with Crippen LogP contribution in [-0.4, -0.2) is 121 Å². The molecule has 3 heterocycles. The number of phosphoric ester groups is 1. The summed E-state index contributed by atoms with van der Waals surface area (Å²) in [7, 11) is -14.8. The number of aliphatic carboxylic acids is 2. The van der Waals surface area contributed by atoms with Crippen molar-refractivity contribution >= 4 is 85.7 Å². The second kappa shape index (κ2) is 24.6. The van der Waals surface area contributed by atoms with Crippen LogP contribution in [0.1, 0.15) is 114 Å². The molecule has 93 heavy (non-hydrogen) atoms. The number of pyridine rings is 1. The Hall–Kier alpha value is -8.16. The highest BCUT2D eigenvalue weighted by Gasteiger charge is 2.68. The van der Waals surface area contributed by atoms with E-state index in [1.165, 1.54) is 34.6 Å². The number of fused-ring (bicyclic) bond motifs is 4. The summed E-state index contributed by atoms with van der Waals surface area (Å²) in [5, 5.41) is 29.0. The van der Waals surface area contributed by atoms with Gasteiger partial charge in [0.25, 0.3) is 11.8 Å². The first-order chi connectivity index (χ1) is 42.5. The number of aryl methyl sites for hydroxylation is 1. The first-order valence-corrected chi connectivity index (χ1v) is 32.6. The Morgan fingerprint density at radius 2 is 1.52 bits per heavy atom. The number of nitrogens with one attached hydrogen (secondary N) is 2. The molecule has 0 unspecified atom stereocenters. The van der Waals surface area contributed by atoms with Gasteiger partial charge in [0.15, 0.2) is 21.3 Å². The lowest BCUT2D eigenvalue weighted by molar-refractivity contribution is -0.145. The standard InChI is InChI=1S/C56H52ClF10N8O15PS2/c1-25-14-27(50(80)70-37(51(81)82)21-41(78)79)18-38(90-91(83,84)85)44(25)52(2,3)22-40(77)75(93(7,88)89)49-43-35(57)11-10-32(46(43)74(72-49)24-54(60,61)62)31-9-8-30(12-13-53(4,5)92(6,86)87)68-45(31)36(17-26-15-28(58)19-29(59)16-26)69-39(76)23-73-48-42(47(71-73)56(65,66)67)33-20-34(33)55(48,63)64/h8-11,14-16,18-19,33-34,36-37H,17,20-24H2,1-7H3,(H,69,76)(H,70,80)(H,78,79)(H,81,82)(H2,83,84,85)/t33-,34+,36-,37-/m0/s1. The molecule has 8 rings (SSSR count). The predicted octanol–water partition coefficient (Wildman–Crippen LogP) is 8.39. The fraction of sp³-hybridized carbons (Fsp3) is 0.393. The van der Waals surface area contributed by atoms with E-state index in [0.29, 0.717) is 18.4 Å². The molecule has 500 valence electrons. The summed E-state index contributed by atoms with van der Waals surface area (Å²) in [6.07, 6.45) is -12.7. The molecule has 0 aliphatic heterocycles. The fourth-order valence-electron chi connectivity index (χ4n) is 11.0. The van der Waals surface area contributed by atoms with Crippen LogP contribution in [0, 0.1) is 36.3 Å². The van der Waals surface area contributed by atoms with Gasteiger partial charge in [-0.2, -0.15) is 49.6 Å². The summed E-state index contributed by atoms with van der Waals surface area (Å²) in [6, 6.07) is 3.76. The number of sulfonamides is 1. The Bertz CT molecular complexity index is 4470. The highest BCUT2D eigenvalue weighted by atomic mass is 35.5. The third-order valence-electron chi connectivity index (χ3n) is 15.1. The first kappa shape index (κ1) is 70.7. The summed E-state index contributed by atoms with van der Waals surface area (Å²) in [6.45, 7) is 2.42. The number of nitrogens with zero attached hydrogens (tertiary/aromatic N) is 6. The van der Waals surface area contributed by atoms with Gasteiger partial charge in [0, 0.05) is 57.9 Å². The van der Waals surface area contributed by atoms with Crippen molar-refractivity contribution in [3.63, 3.8) is 0 Å². The predicted molar refractivity (Wildman–Crippen MR) is 308 cm³/mol. The number of carbonyl (C=O) groups excluding carboxylic acids is 3. The maximum absolute atomic E-state index is 15.8. The van der Waals surface area contributed by atoms with Crippen LogP contribution in [-0.2, 0) is 80.6 Å². The van der Waals surface area contributed by atoms with E-state index in [9.17, 15) is 91.7 Å². The number of hydrogen-bond acceptors (Lipinski definition) is 14. The van der Waals surface area contributed by atoms with Gasteiger partial charge in [0.2, 0.25) is 21.8 Å². The Labute approximate surface area is 525 Å². The Morgan fingerprint density at radius 1 is 0.892 bits per heavy atom. The quantitative estimate of drug-likeness (QED) is 0.0224. The molecule has 0 saturated heterocycles. The summed E-state index contributed by atoms with van der Waals surface area (Å²) < 4.78 is 219. The lowest BCUT2D eigenvalue weighted by Gasteiger charge is -2.31. The minimum atomic E-state index is -5.67. The SMILES string of the molecule is Cc1cc(C(=O)N[C@@H](CC(=O)O)C(=O)O)cc(OP(=O)(O)O)c1C(C)(C)CC(=O)N(c1nn(CC(F)(F)F)c2c(-c3ccc(C#CC(C)(C)S(C)(=O)=O)nc3[C@H](Cc3cc(F)cc(F)c3)NC(=O)Cn3nc(C(F)(F)F)c4c3C(F)(F)[C@@H]3C[C@H]43)ccc(Cl)c12)S(C)(=O)=O. The minimum Gasteiger partial charge on any atom is -0.481 e. The van der Waals surface area contributed by atoms with Gasteiger partial charge in [0.05, 0.1) is 40.3 Å². The van der Waals surface area contributed by atoms with E-state index in [1.54, 1.807) is 0 Å². The highest BCUT2D eigenvalue weighted by Crippen LogP contribution is 2.68. The van der Waals surface area contributed by atoms with Crippen LogP contribution >= 0.6 is 19.4 Å². The third kappa shape index (κ3) is 15.3. The van der Waals surface area contributed by atoms with Crippen molar-refractivity contribution in [1.29, 1.82) is 0 Å². The summed E-state index contributed by atoms with van der Waals surface area (Å²) in [4.78, 5) is 90.3.